The van der Waals surface area contributed by atoms with E-state index in [1.54, 1.807) is 18.1 Å². The van der Waals surface area contributed by atoms with Gasteiger partial charge in [-0.15, -0.1) is 0 Å². The molecule has 3 aromatic rings. The van der Waals surface area contributed by atoms with Crippen molar-refractivity contribution in [1.29, 1.82) is 0 Å². The van der Waals surface area contributed by atoms with Crippen LogP contribution in [0.1, 0.15) is 36.0 Å². The zero-order valence-corrected chi connectivity index (χ0v) is 16.8. The van der Waals surface area contributed by atoms with Crippen LogP contribution >= 0.6 is 0 Å². The highest BCUT2D eigenvalue weighted by Gasteiger charge is 2.25. The number of pyridine rings is 2. The molecule has 0 unspecified atom stereocenters. The Bertz CT molecular complexity index is 1090. The maximum atomic E-state index is 14.7. The van der Waals surface area contributed by atoms with E-state index in [0.29, 0.717) is 0 Å². The summed E-state index contributed by atoms with van der Waals surface area (Å²) in [7, 11) is 1.76. The number of benzene rings is 1. The van der Waals surface area contributed by atoms with E-state index in [9.17, 15) is 9.18 Å². The van der Waals surface area contributed by atoms with Crippen molar-refractivity contribution in [3.8, 4) is 0 Å². The van der Waals surface area contributed by atoms with Gasteiger partial charge in [0.05, 0.1) is 11.1 Å². The first-order valence-electron chi connectivity index (χ1n) is 10.0. The van der Waals surface area contributed by atoms with Crippen LogP contribution in [0.3, 0.4) is 0 Å². The van der Waals surface area contributed by atoms with Crippen molar-refractivity contribution in [2.45, 2.75) is 37.8 Å². The smallest absolute Gasteiger partial charge is 0.252 e. The van der Waals surface area contributed by atoms with Crippen molar-refractivity contribution >= 4 is 34.1 Å². The summed E-state index contributed by atoms with van der Waals surface area (Å²) in [4.78, 5) is 22.5. The molecule has 2 heterocycles. The Kier molecular flexibility index (Phi) is 5.50. The van der Waals surface area contributed by atoms with Crippen molar-refractivity contribution in [2.75, 3.05) is 17.3 Å². The maximum Gasteiger partial charge on any atom is 0.252 e. The molecule has 1 aliphatic rings. The van der Waals surface area contributed by atoms with Gasteiger partial charge in [0.1, 0.15) is 5.82 Å². The molecule has 7 nitrogen and oxygen atoms in total. The minimum atomic E-state index is -0.744. The number of fused-ring (bicyclic) bond motifs is 1. The van der Waals surface area contributed by atoms with E-state index in [2.05, 4.69) is 15.3 Å². The van der Waals surface area contributed by atoms with E-state index >= 15 is 0 Å². The number of nitrogens with zero attached hydrogens (tertiary/aromatic N) is 3. The fraction of sp³-hybridized carbons (Fsp3) is 0.318. The summed E-state index contributed by atoms with van der Waals surface area (Å²) in [5.74, 6) is -1.02. The van der Waals surface area contributed by atoms with Gasteiger partial charge in [-0.1, -0.05) is 18.9 Å². The predicted molar refractivity (Wildman–Crippen MR) is 116 cm³/mol. The molecule has 0 saturated heterocycles. The Morgan fingerprint density at radius 2 is 2.03 bits per heavy atom. The molecule has 0 spiro atoms. The third kappa shape index (κ3) is 3.91. The third-order valence-corrected chi connectivity index (χ3v) is 5.65. The van der Waals surface area contributed by atoms with Crippen molar-refractivity contribution in [2.24, 2.45) is 11.5 Å². The summed E-state index contributed by atoms with van der Waals surface area (Å²) < 4.78 is 14.7. The van der Waals surface area contributed by atoms with Crippen molar-refractivity contribution in [1.82, 2.24) is 9.97 Å². The second-order valence-corrected chi connectivity index (χ2v) is 7.69. The van der Waals surface area contributed by atoms with E-state index in [0.717, 1.165) is 48.3 Å². The highest BCUT2D eigenvalue weighted by Crippen LogP contribution is 2.31. The largest absolute Gasteiger partial charge is 0.365 e. The molecule has 0 aliphatic heterocycles. The summed E-state index contributed by atoms with van der Waals surface area (Å²) in [5, 5.41) is 4.08. The monoisotopic (exact) mass is 408 g/mol. The molecule has 5 N–H and O–H groups in total. The highest BCUT2D eigenvalue weighted by atomic mass is 19.1. The van der Waals surface area contributed by atoms with Gasteiger partial charge >= 0.3 is 0 Å². The Balaban J connectivity index is 1.73. The minimum absolute atomic E-state index is 0.0137. The summed E-state index contributed by atoms with van der Waals surface area (Å²) in [6.07, 6.45) is 5.57. The third-order valence-electron chi connectivity index (χ3n) is 5.65. The molecule has 1 aromatic carbocycles. The van der Waals surface area contributed by atoms with Crippen LogP contribution in [0.25, 0.3) is 10.9 Å². The number of primary amides is 1. The highest BCUT2D eigenvalue weighted by molar-refractivity contribution is 5.99. The minimum Gasteiger partial charge on any atom is -0.365 e. The van der Waals surface area contributed by atoms with Gasteiger partial charge < -0.3 is 21.7 Å². The number of carbonyl (C=O) groups is 1. The molecule has 2 aromatic heterocycles. The molecule has 30 heavy (non-hydrogen) atoms. The van der Waals surface area contributed by atoms with Crippen LogP contribution < -0.4 is 21.7 Å². The number of aromatic nitrogens is 2. The molecule has 0 radical (unpaired) electrons. The summed E-state index contributed by atoms with van der Waals surface area (Å²) in [5.41, 5.74) is 13.4. The van der Waals surface area contributed by atoms with E-state index in [4.69, 9.17) is 11.5 Å². The van der Waals surface area contributed by atoms with Crippen LogP contribution in [0.15, 0.2) is 42.6 Å². The number of anilines is 3. The number of rotatable bonds is 5. The Hall–Kier alpha value is -3.26. The molecule has 2 atom stereocenters. The first-order valence-corrected chi connectivity index (χ1v) is 10.0. The number of hydrogen-bond acceptors (Lipinski definition) is 6. The number of halogens is 1. The van der Waals surface area contributed by atoms with Gasteiger partial charge in [-0.25, -0.2) is 9.37 Å². The molecule has 0 bridgehead atoms. The lowest BCUT2D eigenvalue weighted by Gasteiger charge is -2.30. The fourth-order valence-electron chi connectivity index (χ4n) is 3.93. The Morgan fingerprint density at radius 3 is 2.80 bits per heavy atom. The molecule has 156 valence electrons. The average molecular weight is 408 g/mol. The van der Waals surface area contributed by atoms with Gasteiger partial charge in [0, 0.05) is 36.4 Å². The molecular formula is C22H25FN6O. The van der Waals surface area contributed by atoms with Crippen LogP contribution in [0.2, 0.25) is 0 Å². The number of nitrogens with one attached hydrogen (secondary N) is 1. The van der Waals surface area contributed by atoms with Crippen LogP contribution in [-0.2, 0) is 0 Å². The number of amides is 1. The summed E-state index contributed by atoms with van der Waals surface area (Å²) in [6, 6.07) is 10.5. The molecule has 1 saturated carbocycles. The summed E-state index contributed by atoms with van der Waals surface area (Å²) in [6.45, 7) is 0. The number of nitrogens with two attached hydrogens (primary N) is 2. The van der Waals surface area contributed by atoms with Gasteiger partial charge in [-0.3, -0.25) is 9.78 Å². The van der Waals surface area contributed by atoms with Gasteiger partial charge in [-0.2, -0.15) is 0 Å². The Labute approximate surface area is 174 Å². The first-order chi connectivity index (χ1) is 14.4. The van der Waals surface area contributed by atoms with Crippen LogP contribution in [0.4, 0.5) is 21.7 Å². The Morgan fingerprint density at radius 1 is 1.23 bits per heavy atom. The average Bonchev–Trinajstić information content (AvgIpc) is 2.75. The molecule has 1 amide bonds. The SMILES string of the molecule is CN(c1ccc2ncccc2c1)c1nc(N[C@@H]2CCCC[C@@H]2N)c(F)cc1C(N)=O. The molecule has 1 fully saturated rings. The molecular weight excluding hydrogens is 383 g/mol. The zero-order valence-electron chi connectivity index (χ0n) is 16.8. The fourth-order valence-corrected chi connectivity index (χ4v) is 3.93. The number of carbonyl (C=O) groups excluding carboxylic acids is 1. The second-order valence-electron chi connectivity index (χ2n) is 7.69. The van der Waals surface area contributed by atoms with Crippen molar-refractivity contribution < 1.29 is 9.18 Å². The van der Waals surface area contributed by atoms with Gasteiger partial charge in [0.15, 0.2) is 11.6 Å². The molecule has 1 aliphatic carbocycles. The lowest BCUT2D eigenvalue weighted by atomic mass is 9.91. The normalized spacial score (nSPS) is 18.9. The predicted octanol–water partition coefficient (Wildman–Crippen LogP) is 3.32. The second kappa shape index (κ2) is 8.23. The van der Waals surface area contributed by atoms with E-state index in [1.807, 2.05) is 30.3 Å². The van der Waals surface area contributed by atoms with Crippen LogP contribution in [-0.4, -0.2) is 35.0 Å². The lowest BCUT2D eigenvalue weighted by molar-refractivity contribution is 0.1000. The number of hydrogen-bond donors (Lipinski definition) is 3. The standard InChI is InChI=1S/C22H25FN6O/c1-29(14-8-9-18-13(11-14)5-4-10-26-18)22-15(20(25)30)12-16(23)21(28-22)27-19-7-3-2-6-17(19)24/h4-5,8-12,17,19H,2-3,6-7,24H2,1H3,(H2,25,30)(H,27,28)/t17-,19+/m0/s1. The molecule has 4 rings (SSSR count). The van der Waals surface area contributed by atoms with E-state index < -0.39 is 11.7 Å². The van der Waals surface area contributed by atoms with Gasteiger partial charge in [0.25, 0.3) is 5.91 Å². The zero-order chi connectivity index (χ0) is 21.3. The van der Waals surface area contributed by atoms with Gasteiger partial charge in [-0.05, 0) is 43.2 Å². The van der Waals surface area contributed by atoms with Crippen LogP contribution in [0.5, 0.6) is 0 Å². The maximum absolute atomic E-state index is 14.7. The van der Waals surface area contributed by atoms with Crippen molar-refractivity contribution in [3.63, 3.8) is 0 Å². The van der Waals surface area contributed by atoms with Gasteiger partial charge in [0.2, 0.25) is 0 Å². The first kappa shape index (κ1) is 20.0. The quantitative estimate of drug-likeness (QED) is 0.597. The topological polar surface area (TPSA) is 110 Å². The van der Waals surface area contributed by atoms with Crippen LogP contribution in [0, 0.1) is 5.82 Å². The van der Waals surface area contributed by atoms with Crippen molar-refractivity contribution in [3.05, 3.63) is 54.0 Å². The van der Waals surface area contributed by atoms with E-state index in [-0.39, 0.29) is 29.3 Å². The molecule has 8 heteroatoms. The summed E-state index contributed by atoms with van der Waals surface area (Å²) >= 11 is 0. The lowest BCUT2D eigenvalue weighted by Crippen LogP contribution is -2.43. The van der Waals surface area contributed by atoms with E-state index in [1.165, 1.54) is 0 Å².